The van der Waals surface area contributed by atoms with Crippen LogP contribution in [-0.2, 0) is 10.0 Å². The molecule has 0 amide bonds. The predicted molar refractivity (Wildman–Crippen MR) is 50.7 cm³/mol. The Morgan fingerprint density at radius 1 is 1.43 bits per heavy atom. The maximum absolute atomic E-state index is 11.3. The van der Waals surface area contributed by atoms with Gasteiger partial charge < -0.3 is 9.79 Å². The molecule has 0 saturated carbocycles. The van der Waals surface area contributed by atoms with Crippen molar-refractivity contribution in [2.75, 3.05) is 0 Å². The summed E-state index contributed by atoms with van der Waals surface area (Å²) < 4.78 is 24.4. The normalized spacial score (nSPS) is 12.0. The van der Waals surface area contributed by atoms with Gasteiger partial charge in [-0.05, 0) is 18.6 Å². The quantitative estimate of drug-likeness (QED) is 0.635. The van der Waals surface area contributed by atoms with Crippen LogP contribution < -0.4 is 4.49 Å². The maximum atomic E-state index is 11.3. The predicted octanol–water partition coefficient (Wildman–Crippen LogP) is -0.120. The third kappa shape index (κ3) is 2.97. The Morgan fingerprint density at radius 2 is 2.07 bits per heavy atom. The Morgan fingerprint density at radius 3 is 2.57 bits per heavy atom. The molecule has 0 unspecified atom stereocenters. The van der Waals surface area contributed by atoms with Crippen molar-refractivity contribution in [2.45, 2.75) is 11.8 Å². The zero-order chi connectivity index (χ0) is 10.8. The van der Waals surface area contributed by atoms with Crippen LogP contribution in [0.2, 0.25) is 0 Å². The maximum Gasteiger partial charge on any atom is 0.264 e. The van der Waals surface area contributed by atoms with Gasteiger partial charge in [-0.3, -0.25) is 4.98 Å². The van der Waals surface area contributed by atoms with Gasteiger partial charge in [-0.15, -0.1) is 4.49 Å². The molecule has 0 aliphatic rings. The van der Waals surface area contributed by atoms with Crippen molar-refractivity contribution in [1.82, 2.24) is 9.48 Å². The van der Waals surface area contributed by atoms with Gasteiger partial charge in [-0.1, -0.05) is 0 Å². The van der Waals surface area contributed by atoms with Crippen LogP contribution in [0.15, 0.2) is 23.4 Å². The van der Waals surface area contributed by atoms with E-state index in [0.29, 0.717) is 5.56 Å². The van der Waals surface area contributed by atoms with Crippen LogP contribution in [0.4, 0.5) is 0 Å². The molecule has 14 heavy (non-hydrogen) atoms. The molecule has 0 aliphatic carbocycles. The highest BCUT2D eigenvalue weighted by Gasteiger charge is 2.17. The van der Waals surface area contributed by atoms with E-state index in [4.69, 9.17) is 9.79 Å². The summed E-state index contributed by atoms with van der Waals surface area (Å²) in [5.41, 5.74) is 0.674. The van der Waals surface area contributed by atoms with Gasteiger partial charge in [-0.25, -0.2) is 8.42 Å². The molecule has 0 saturated heterocycles. The minimum atomic E-state index is -3.87. The topological polar surface area (TPSA) is 99.5 Å². The number of hydrogen-bond acceptors (Lipinski definition) is 5. The summed E-state index contributed by atoms with van der Waals surface area (Å²) in [6.45, 7) is 1.69. The lowest BCUT2D eigenvalue weighted by molar-refractivity contribution is 0.476. The van der Waals surface area contributed by atoms with Gasteiger partial charge in [0, 0.05) is 12.4 Å². The van der Waals surface area contributed by atoms with Crippen molar-refractivity contribution in [1.29, 1.82) is 0 Å². The molecule has 78 valence electrons. The molecule has 8 heteroatoms. The lowest BCUT2D eigenvalue weighted by atomic mass is 10.3. The second-order valence-electron chi connectivity index (χ2n) is 2.58. The Labute approximate surface area is 82.6 Å². The van der Waals surface area contributed by atoms with Crippen LogP contribution in [-0.4, -0.2) is 23.2 Å². The van der Waals surface area contributed by atoms with Crippen LogP contribution in [0.3, 0.4) is 0 Å². The molecule has 0 aliphatic heterocycles. The zero-order valence-corrected chi connectivity index (χ0v) is 8.96. The summed E-state index contributed by atoms with van der Waals surface area (Å²) in [6.07, 6.45) is 2.63. The van der Waals surface area contributed by atoms with E-state index in [-0.39, 0.29) is 4.90 Å². The van der Waals surface area contributed by atoms with E-state index in [1.807, 2.05) is 0 Å². The van der Waals surface area contributed by atoms with E-state index in [2.05, 4.69) is 4.98 Å². The third-order valence-corrected chi connectivity index (χ3v) is 3.82. The summed E-state index contributed by atoms with van der Waals surface area (Å²) in [7, 11) is -6.55. The summed E-state index contributed by atoms with van der Waals surface area (Å²) in [5.74, 6) is 0. The number of rotatable bonds is 3. The van der Waals surface area contributed by atoms with E-state index in [0.717, 1.165) is 6.20 Å². The van der Waals surface area contributed by atoms with Crippen LogP contribution in [0.5, 0.6) is 0 Å². The Kier molecular flexibility index (Phi) is 3.52. The molecule has 0 bridgehead atoms. The first-order valence-electron chi connectivity index (χ1n) is 3.54. The number of pyridine rings is 1. The standard InChI is InChI=1S/C6H9N2O4PS/c1-5-2-6(4-7-3-5)14(11,12)8-13(9)10/h2-4,8-10H,1H3. The van der Waals surface area contributed by atoms with Gasteiger partial charge >= 0.3 is 0 Å². The Hall–Kier alpha value is -0.590. The van der Waals surface area contributed by atoms with Crippen molar-refractivity contribution in [3.8, 4) is 0 Å². The zero-order valence-electron chi connectivity index (χ0n) is 7.25. The fourth-order valence-corrected chi connectivity index (χ4v) is 2.66. The molecule has 0 fully saturated rings. The van der Waals surface area contributed by atoms with Gasteiger partial charge in [0.15, 0.2) is 0 Å². The third-order valence-electron chi connectivity index (χ3n) is 1.36. The van der Waals surface area contributed by atoms with Crippen molar-refractivity contribution < 1.29 is 18.2 Å². The van der Waals surface area contributed by atoms with Gasteiger partial charge in [0.05, 0.1) is 0 Å². The van der Waals surface area contributed by atoms with E-state index >= 15 is 0 Å². The molecular weight excluding hydrogens is 227 g/mol. The number of nitrogens with zero attached hydrogens (tertiary/aromatic N) is 1. The second kappa shape index (κ2) is 4.29. The SMILES string of the molecule is Cc1cncc(S(=O)(=O)NP(O)O)c1. The number of aromatic nitrogens is 1. The summed E-state index contributed by atoms with van der Waals surface area (Å²) >= 11 is 0. The first kappa shape index (κ1) is 11.5. The molecule has 1 aromatic heterocycles. The van der Waals surface area contributed by atoms with Crippen molar-refractivity contribution in [3.63, 3.8) is 0 Å². The Balaban J connectivity index is 3.05. The minimum Gasteiger partial charge on any atom is -0.337 e. The van der Waals surface area contributed by atoms with Crippen LogP contribution in [0, 0.1) is 6.92 Å². The average Bonchev–Trinajstić information content (AvgIpc) is 2.01. The first-order chi connectivity index (χ1) is 6.42. The molecule has 6 nitrogen and oxygen atoms in total. The van der Waals surface area contributed by atoms with Crippen LogP contribution in [0.25, 0.3) is 0 Å². The fraction of sp³-hybridized carbons (Fsp3) is 0.167. The Bertz CT molecular complexity index is 420. The van der Waals surface area contributed by atoms with Gasteiger partial charge in [0.1, 0.15) is 4.90 Å². The van der Waals surface area contributed by atoms with Crippen LogP contribution >= 0.6 is 8.53 Å². The average molecular weight is 236 g/mol. The molecule has 1 rings (SSSR count). The molecule has 0 atom stereocenters. The molecule has 1 heterocycles. The monoisotopic (exact) mass is 236 g/mol. The molecule has 1 aromatic rings. The van der Waals surface area contributed by atoms with Crippen molar-refractivity contribution in [2.24, 2.45) is 0 Å². The van der Waals surface area contributed by atoms with E-state index in [1.165, 1.54) is 12.3 Å². The highest BCUT2D eigenvalue weighted by atomic mass is 32.2. The molecule has 0 aromatic carbocycles. The summed E-state index contributed by atoms with van der Waals surface area (Å²) in [4.78, 5) is 20.6. The van der Waals surface area contributed by atoms with Crippen LogP contribution in [0.1, 0.15) is 5.56 Å². The minimum absolute atomic E-state index is 0.0897. The number of hydrogen-bond donors (Lipinski definition) is 3. The smallest absolute Gasteiger partial charge is 0.264 e. The number of sulfonamides is 1. The van der Waals surface area contributed by atoms with Crippen molar-refractivity contribution >= 4 is 18.5 Å². The molecular formula is C6H9N2O4PS. The first-order valence-corrected chi connectivity index (χ1v) is 6.27. The fourth-order valence-electron chi connectivity index (χ4n) is 0.834. The second-order valence-corrected chi connectivity index (χ2v) is 5.37. The lowest BCUT2D eigenvalue weighted by Crippen LogP contribution is -2.18. The van der Waals surface area contributed by atoms with Gasteiger partial charge in [0.25, 0.3) is 8.53 Å². The molecule has 0 radical (unpaired) electrons. The highest BCUT2D eigenvalue weighted by molar-refractivity contribution is 7.94. The van der Waals surface area contributed by atoms with E-state index in [9.17, 15) is 8.42 Å². The summed E-state index contributed by atoms with van der Waals surface area (Å²) in [6, 6.07) is 1.38. The van der Waals surface area contributed by atoms with E-state index in [1.54, 1.807) is 11.4 Å². The van der Waals surface area contributed by atoms with Gasteiger partial charge in [0.2, 0.25) is 10.0 Å². The number of nitrogens with one attached hydrogen (secondary N) is 1. The number of aryl methyl sites for hydroxylation is 1. The van der Waals surface area contributed by atoms with E-state index < -0.39 is 18.5 Å². The summed E-state index contributed by atoms with van der Waals surface area (Å²) in [5, 5.41) is 0. The molecule has 0 spiro atoms. The lowest BCUT2D eigenvalue weighted by Gasteiger charge is -2.06. The highest BCUT2D eigenvalue weighted by Crippen LogP contribution is 2.21. The molecule has 3 N–H and O–H groups in total. The van der Waals surface area contributed by atoms with Crippen molar-refractivity contribution in [3.05, 3.63) is 24.0 Å². The largest absolute Gasteiger partial charge is 0.337 e. The van der Waals surface area contributed by atoms with Gasteiger partial charge in [-0.2, -0.15) is 0 Å².